The van der Waals surface area contributed by atoms with Crippen molar-refractivity contribution in [2.75, 3.05) is 13.1 Å². The van der Waals surface area contributed by atoms with Gasteiger partial charge in [-0.1, -0.05) is 6.92 Å². The van der Waals surface area contributed by atoms with Gasteiger partial charge in [-0.05, 0) is 47.1 Å². The first-order chi connectivity index (χ1) is 9.10. The Hall–Kier alpha value is -1.20. The zero-order valence-electron chi connectivity index (χ0n) is 10.7. The van der Waals surface area contributed by atoms with E-state index >= 15 is 0 Å². The molecular weight excluding hydrogens is 309 g/mol. The molecule has 5 heteroatoms. The molecule has 1 atom stereocenters. The van der Waals surface area contributed by atoms with Crippen molar-refractivity contribution < 1.29 is 4.39 Å². The average Bonchev–Trinajstić information content (AvgIpc) is 2.98. The normalized spacial score (nSPS) is 22.9. The molecule has 0 amide bonds. The molecule has 1 fully saturated rings. The van der Waals surface area contributed by atoms with Crippen molar-refractivity contribution in [2.45, 2.75) is 18.8 Å². The van der Waals surface area contributed by atoms with Gasteiger partial charge in [-0.2, -0.15) is 0 Å². The predicted octanol–water partition coefficient (Wildman–Crippen LogP) is 3.02. The maximum Gasteiger partial charge on any atom is 0.124 e. The van der Waals surface area contributed by atoms with Gasteiger partial charge in [0.05, 0.1) is 12.0 Å². The molecule has 0 radical (unpaired) electrons. The maximum absolute atomic E-state index is 13.2. The quantitative estimate of drug-likeness (QED) is 0.920. The van der Waals surface area contributed by atoms with Gasteiger partial charge in [0.25, 0.3) is 0 Å². The first-order valence-electron chi connectivity index (χ1n) is 6.29. The van der Waals surface area contributed by atoms with Gasteiger partial charge in [0, 0.05) is 28.3 Å². The third-order valence-electron chi connectivity index (χ3n) is 3.79. The third-order valence-corrected chi connectivity index (χ3v) is 4.43. The largest absolute Gasteiger partial charge is 0.316 e. The lowest BCUT2D eigenvalue weighted by atomic mass is 9.86. The fourth-order valence-corrected chi connectivity index (χ4v) is 3.19. The number of imidazole rings is 1. The highest BCUT2D eigenvalue weighted by Gasteiger charge is 2.33. The van der Waals surface area contributed by atoms with E-state index in [0.717, 1.165) is 35.4 Å². The van der Waals surface area contributed by atoms with Crippen molar-refractivity contribution in [1.82, 2.24) is 14.9 Å². The van der Waals surface area contributed by atoms with Crippen LogP contribution >= 0.6 is 15.9 Å². The van der Waals surface area contributed by atoms with Gasteiger partial charge in [-0.25, -0.2) is 9.37 Å². The molecule has 1 N–H and O–H groups in total. The van der Waals surface area contributed by atoms with Crippen molar-refractivity contribution in [2.24, 2.45) is 0 Å². The Bertz CT molecular complexity index is 602. The fourth-order valence-electron chi connectivity index (χ4n) is 2.65. The number of nitrogens with zero attached hydrogens (tertiary/aromatic N) is 2. The second-order valence-electron chi connectivity index (χ2n) is 5.23. The summed E-state index contributed by atoms with van der Waals surface area (Å²) in [5, 5.41) is 3.39. The van der Waals surface area contributed by atoms with Gasteiger partial charge in [0.2, 0.25) is 0 Å². The number of hydrogen-bond donors (Lipinski definition) is 1. The van der Waals surface area contributed by atoms with Gasteiger partial charge < -0.3 is 9.88 Å². The number of hydrogen-bond acceptors (Lipinski definition) is 2. The van der Waals surface area contributed by atoms with Gasteiger partial charge in [-0.15, -0.1) is 0 Å². The molecule has 3 nitrogen and oxygen atoms in total. The zero-order valence-corrected chi connectivity index (χ0v) is 12.2. The Kier molecular flexibility index (Phi) is 3.19. The Morgan fingerprint density at radius 2 is 2.32 bits per heavy atom. The molecule has 2 aromatic rings. The fraction of sp³-hybridized carbons (Fsp3) is 0.357. The summed E-state index contributed by atoms with van der Waals surface area (Å²) in [5.41, 5.74) is 2.15. The monoisotopic (exact) mass is 323 g/mol. The van der Waals surface area contributed by atoms with Gasteiger partial charge in [0.1, 0.15) is 5.82 Å². The summed E-state index contributed by atoms with van der Waals surface area (Å²) < 4.78 is 16.0. The summed E-state index contributed by atoms with van der Waals surface area (Å²) >= 11 is 3.42. The van der Waals surface area contributed by atoms with Gasteiger partial charge in [0.15, 0.2) is 0 Å². The summed E-state index contributed by atoms with van der Waals surface area (Å²) in [6.45, 7) is 4.20. The first-order valence-corrected chi connectivity index (χ1v) is 7.08. The van der Waals surface area contributed by atoms with E-state index in [1.165, 1.54) is 12.1 Å². The standard InChI is InChI=1S/C14H15BrFN3/c1-14(4-5-17-8-14)13-7-18-9-19(13)12-3-2-10(16)6-11(12)15/h2-3,6-7,9,17H,4-5,8H2,1H3. The molecule has 19 heavy (non-hydrogen) atoms. The van der Waals surface area contributed by atoms with Crippen LogP contribution in [0.2, 0.25) is 0 Å². The highest BCUT2D eigenvalue weighted by molar-refractivity contribution is 9.10. The molecule has 100 valence electrons. The van der Waals surface area contributed by atoms with Crippen LogP contribution in [-0.2, 0) is 5.41 Å². The first kappa shape index (κ1) is 12.8. The number of benzene rings is 1. The van der Waals surface area contributed by atoms with Gasteiger partial charge >= 0.3 is 0 Å². The Morgan fingerprint density at radius 1 is 1.47 bits per heavy atom. The second kappa shape index (κ2) is 4.72. The van der Waals surface area contributed by atoms with Crippen molar-refractivity contribution in [3.63, 3.8) is 0 Å². The highest BCUT2D eigenvalue weighted by atomic mass is 79.9. The smallest absolute Gasteiger partial charge is 0.124 e. The summed E-state index contributed by atoms with van der Waals surface area (Å²) in [6, 6.07) is 4.73. The van der Waals surface area contributed by atoms with E-state index in [9.17, 15) is 4.39 Å². The molecule has 0 saturated carbocycles. The van der Waals surface area contributed by atoms with Crippen LogP contribution in [0.5, 0.6) is 0 Å². The lowest BCUT2D eigenvalue weighted by Gasteiger charge is -2.24. The molecule has 0 bridgehead atoms. The molecule has 1 aromatic heterocycles. The number of nitrogens with one attached hydrogen (secondary N) is 1. The van der Waals surface area contributed by atoms with E-state index in [0.29, 0.717) is 0 Å². The molecule has 0 spiro atoms. The molecule has 1 aromatic carbocycles. The number of aromatic nitrogens is 2. The van der Waals surface area contributed by atoms with E-state index in [1.807, 2.05) is 10.8 Å². The van der Waals surface area contributed by atoms with E-state index < -0.39 is 0 Å². The van der Waals surface area contributed by atoms with E-state index in [2.05, 4.69) is 33.2 Å². The van der Waals surface area contributed by atoms with Crippen molar-refractivity contribution in [3.8, 4) is 5.69 Å². The number of halogens is 2. The Balaban J connectivity index is 2.09. The van der Waals surface area contributed by atoms with E-state index in [4.69, 9.17) is 0 Å². The third kappa shape index (κ3) is 2.21. The highest BCUT2D eigenvalue weighted by Crippen LogP contribution is 2.33. The summed E-state index contributed by atoms with van der Waals surface area (Å²) in [7, 11) is 0. The van der Waals surface area contributed by atoms with Crippen molar-refractivity contribution >= 4 is 15.9 Å². The minimum absolute atomic E-state index is 0.0737. The molecule has 1 saturated heterocycles. The molecule has 1 unspecified atom stereocenters. The molecule has 2 heterocycles. The maximum atomic E-state index is 13.2. The minimum atomic E-state index is -0.244. The Morgan fingerprint density at radius 3 is 3.00 bits per heavy atom. The second-order valence-corrected chi connectivity index (χ2v) is 6.09. The summed E-state index contributed by atoms with van der Waals surface area (Å²) in [4.78, 5) is 4.27. The molecule has 1 aliphatic heterocycles. The average molecular weight is 324 g/mol. The predicted molar refractivity (Wildman–Crippen MR) is 76.1 cm³/mol. The van der Waals surface area contributed by atoms with Crippen molar-refractivity contribution in [3.05, 3.63) is 46.7 Å². The van der Waals surface area contributed by atoms with Crippen LogP contribution in [0.15, 0.2) is 35.2 Å². The van der Waals surface area contributed by atoms with Crippen LogP contribution < -0.4 is 5.32 Å². The SMILES string of the molecule is CC1(c2cncn2-c2ccc(F)cc2Br)CCNC1. The van der Waals surface area contributed by atoms with Gasteiger partial charge in [-0.3, -0.25) is 0 Å². The van der Waals surface area contributed by atoms with E-state index in [1.54, 1.807) is 12.4 Å². The van der Waals surface area contributed by atoms with Crippen LogP contribution in [0.1, 0.15) is 19.0 Å². The van der Waals surface area contributed by atoms with Crippen LogP contribution in [0.25, 0.3) is 5.69 Å². The van der Waals surface area contributed by atoms with E-state index in [-0.39, 0.29) is 11.2 Å². The van der Waals surface area contributed by atoms with Crippen LogP contribution in [0.4, 0.5) is 4.39 Å². The molecular formula is C14H15BrFN3. The molecule has 1 aliphatic rings. The Labute approximate surface area is 120 Å². The molecule has 3 rings (SSSR count). The number of rotatable bonds is 2. The zero-order chi connectivity index (χ0) is 13.5. The topological polar surface area (TPSA) is 29.9 Å². The molecule has 0 aliphatic carbocycles. The summed E-state index contributed by atoms with van der Waals surface area (Å²) in [5.74, 6) is -0.244. The van der Waals surface area contributed by atoms with Crippen LogP contribution in [0.3, 0.4) is 0 Å². The van der Waals surface area contributed by atoms with Crippen LogP contribution in [0, 0.1) is 5.82 Å². The lowest BCUT2D eigenvalue weighted by molar-refractivity contribution is 0.498. The summed E-state index contributed by atoms with van der Waals surface area (Å²) in [6.07, 6.45) is 4.78. The minimum Gasteiger partial charge on any atom is -0.316 e. The van der Waals surface area contributed by atoms with Crippen molar-refractivity contribution in [1.29, 1.82) is 0 Å². The lowest BCUT2D eigenvalue weighted by Crippen LogP contribution is -2.27. The van der Waals surface area contributed by atoms with Crippen LogP contribution in [-0.4, -0.2) is 22.6 Å².